The van der Waals surface area contributed by atoms with E-state index in [-0.39, 0.29) is 23.3 Å². The van der Waals surface area contributed by atoms with Crippen LogP contribution in [0.3, 0.4) is 0 Å². The lowest BCUT2D eigenvalue weighted by molar-refractivity contribution is -0.113. The van der Waals surface area contributed by atoms with Crippen molar-refractivity contribution >= 4 is 35.0 Å². The Labute approximate surface area is 162 Å². The highest BCUT2D eigenvalue weighted by atomic mass is 32.2. The highest BCUT2D eigenvalue weighted by Gasteiger charge is 2.10. The Morgan fingerprint density at radius 1 is 0.926 bits per heavy atom. The van der Waals surface area contributed by atoms with Crippen LogP contribution in [-0.2, 0) is 4.79 Å². The van der Waals surface area contributed by atoms with Crippen LogP contribution < -0.4 is 10.6 Å². The van der Waals surface area contributed by atoms with Gasteiger partial charge in [-0.05, 0) is 67.4 Å². The molecule has 0 spiro atoms. The zero-order valence-electron chi connectivity index (χ0n) is 15.1. The largest absolute Gasteiger partial charge is 0.459 e. The number of rotatable bonds is 6. The van der Waals surface area contributed by atoms with Gasteiger partial charge in [0.05, 0.1) is 12.0 Å². The molecule has 0 saturated carbocycles. The normalized spacial score (nSPS) is 10.4. The molecule has 0 saturated heterocycles. The minimum absolute atomic E-state index is 0.0757. The molecule has 138 valence electrons. The van der Waals surface area contributed by atoms with E-state index >= 15 is 0 Å². The summed E-state index contributed by atoms with van der Waals surface area (Å²) in [5, 5.41) is 5.68. The molecule has 0 fully saturated rings. The van der Waals surface area contributed by atoms with Crippen molar-refractivity contribution in [1.82, 2.24) is 0 Å². The Kier molecular flexibility index (Phi) is 5.98. The van der Waals surface area contributed by atoms with Crippen LogP contribution in [0.15, 0.2) is 70.2 Å². The highest BCUT2D eigenvalue weighted by Crippen LogP contribution is 2.23. The topological polar surface area (TPSA) is 71.3 Å². The van der Waals surface area contributed by atoms with Gasteiger partial charge in [0, 0.05) is 16.3 Å². The molecule has 3 aromatic rings. The minimum Gasteiger partial charge on any atom is -0.459 e. The molecule has 3 rings (SSSR count). The van der Waals surface area contributed by atoms with Crippen molar-refractivity contribution in [3.63, 3.8) is 0 Å². The Balaban J connectivity index is 1.55. The van der Waals surface area contributed by atoms with Crippen molar-refractivity contribution in [2.24, 2.45) is 0 Å². The monoisotopic (exact) mass is 380 g/mol. The van der Waals surface area contributed by atoms with E-state index in [4.69, 9.17) is 4.42 Å². The Morgan fingerprint density at radius 3 is 2.48 bits per heavy atom. The third-order valence-electron chi connectivity index (χ3n) is 4.00. The zero-order valence-corrected chi connectivity index (χ0v) is 15.9. The lowest BCUT2D eigenvalue weighted by atomic mass is 10.1. The molecule has 1 aromatic heterocycles. The van der Waals surface area contributed by atoms with Gasteiger partial charge in [-0.1, -0.05) is 12.1 Å². The molecule has 0 aliphatic rings. The summed E-state index contributed by atoms with van der Waals surface area (Å²) in [6.45, 7) is 4.05. The zero-order chi connectivity index (χ0) is 19.2. The summed E-state index contributed by atoms with van der Waals surface area (Å²) in [6, 6.07) is 16.5. The Hall–Kier alpha value is -2.99. The molecule has 2 aromatic carbocycles. The molecular formula is C21H20N2O3S. The van der Waals surface area contributed by atoms with Crippen molar-refractivity contribution in [3.05, 3.63) is 77.7 Å². The van der Waals surface area contributed by atoms with Gasteiger partial charge >= 0.3 is 0 Å². The first kappa shape index (κ1) is 18.8. The summed E-state index contributed by atoms with van der Waals surface area (Å²) >= 11 is 1.41. The number of aryl methyl sites for hydroxylation is 2. The van der Waals surface area contributed by atoms with Crippen LogP contribution >= 0.6 is 11.8 Å². The van der Waals surface area contributed by atoms with Crippen molar-refractivity contribution in [2.75, 3.05) is 16.4 Å². The fourth-order valence-electron chi connectivity index (χ4n) is 2.43. The van der Waals surface area contributed by atoms with Crippen LogP contribution in [-0.4, -0.2) is 17.6 Å². The van der Waals surface area contributed by atoms with E-state index in [1.807, 2.05) is 50.2 Å². The van der Waals surface area contributed by atoms with E-state index in [0.717, 1.165) is 16.1 Å². The number of hydrogen-bond acceptors (Lipinski definition) is 4. The first-order valence-corrected chi connectivity index (χ1v) is 9.44. The van der Waals surface area contributed by atoms with Crippen LogP contribution in [0.1, 0.15) is 21.7 Å². The fraction of sp³-hybridized carbons (Fsp3) is 0.143. The number of anilines is 2. The van der Waals surface area contributed by atoms with Crippen LogP contribution in [0.4, 0.5) is 11.4 Å². The van der Waals surface area contributed by atoms with E-state index in [9.17, 15) is 9.59 Å². The van der Waals surface area contributed by atoms with Gasteiger partial charge in [0.2, 0.25) is 5.91 Å². The number of thioether (sulfide) groups is 1. The molecule has 27 heavy (non-hydrogen) atoms. The molecule has 0 radical (unpaired) electrons. The Bertz CT molecular complexity index is 952. The predicted molar refractivity (Wildman–Crippen MR) is 108 cm³/mol. The molecule has 0 unspecified atom stereocenters. The third-order valence-corrected chi connectivity index (χ3v) is 4.99. The average molecular weight is 380 g/mol. The number of furan rings is 1. The molecule has 2 N–H and O–H groups in total. The van der Waals surface area contributed by atoms with Crippen LogP contribution in [0.2, 0.25) is 0 Å². The summed E-state index contributed by atoms with van der Waals surface area (Å²) in [6.07, 6.45) is 1.45. The van der Waals surface area contributed by atoms with E-state index < -0.39 is 0 Å². The number of carbonyl (C=O) groups excluding carboxylic acids is 2. The second kappa shape index (κ2) is 8.60. The van der Waals surface area contributed by atoms with Crippen molar-refractivity contribution in [1.29, 1.82) is 0 Å². The van der Waals surface area contributed by atoms with E-state index in [2.05, 4.69) is 10.6 Å². The fourth-order valence-corrected chi connectivity index (χ4v) is 3.18. The lowest BCUT2D eigenvalue weighted by Gasteiger charge is -2.08. The lowest BCUT2D eigenvalue weighted by Crippen LogP contribution is -2.14. The number of nitrogens with one attached hydrogen (secondary N) is 2. The van der Waals surface area contributed by atoms with E-state index in [1.54, 1.807) is 18.2 Å². The van der Waals surface area contributed by atoms with E-state index in [1.165, 1.54) is 23.6 Å². The minimum atomic E-state index is -0.311. The van der Waals surface area contributed by atoms with Gasteiger partial charge in [0.1, 0.15) is 0 Å². The van der Waals surface area contributed by atoms with Crippen molar-refractivity contribution < 1.29 is 14.0 Å². The summed E-state index contributed by atoms with van der Waals surface area (Å²) < 4.78 is 5.08. The summed E-state index contributed by atoms with van der Waals surface area (Å²) in [5.74, 6) is 0.145. The maximum Gasteiger partial charge on any atom is 0.291 e. The molecule has 0 aliphatic carbocycles. The smallest absolute Gasteiger partial charge is 0.291 e. The number of benzene rings is 2. The van der Waals surface area contributed by atoms with Gasteiger partial charge < -0.3 is 15.1 Å². The summed E-state index contributed by atoms with van der Waals surface area (Å²) in [5.41, 5.74) is 3.77. The second-order valence-electron chi connectivity index (χ2n) is 6.10. The molecule has 0 aliphatic heterocycles. The molecule has 0 atom stereocenters. The first-order valence-electron chi connectivity index (χ1n) is 8.46. The first-order chi connectivity index (χ1) is 13.0. The summed E-state index contributed by atoms with van der Waals surface area (Å²) in [4.78, 5) is 25.1. The van der Waals surface area contributed by atoms with E-state index in [0.29, 0.717) is 5.69 Å². The van der Waals surface area contributed by atoms with Crippen LogP contribution in [0.25, 0.3) is 0 Å². The van der Waals surface area contributed by atoms with Gasteiger partial charge in [0.25, 0.3) is 5.91 Å². The molecule has 0 bridgehead atoms. The van der Waals surface area contributed by atoms with Gasteiger partial charge in [-0.25, -0.2) is 0 Å². The standard InChI is InChI=1S/C21H20N2O3S/c1-14-8-9-17(11-15(14)2)22-20(24)13-27-18-6-3-5-16(12-18)23-21(25)19-7-4-10-26-19/h3-12H,13H2,1-2H3,(H,22,24)(H,23,25). The number of hydrogen-bond donors (Lipinski definition) is 2. The van der Waals surface area contributed by atoms with Gasteiger partial charge in [0.15, 0.2) is 5.76 Å². The third kappa shape index (κ3) is 5.24. The molecule has 2 amide bonds. The highest BCUT2D eigenvalue weighted by molar-refractivity contribution is 8.00. The van der Waals surface area contributed by atoms with Gasteiger partial charge in [-0.2, -0.15) is 0 Å². The number of amides is 2. The average Bonchev–Trinajstić information content (AvgIpc) is 3.18. The van der Waals surface area contributed by atoms with Crippen LogP contribution in [0.5, 0.6) is 0 Å². The Morgan fingerprint density at radius 2 is 1.74 bits per heavy atom. The maximum atomic E-state index is 12.2. The van der Waals surface area contributed by atoms with Gasteiger partial charge in [-0.3, -0.25) is 9.59 Å². The van der Waals surface area contributed by atoms with Crippen molar-refractivity contribution in [3.8, 4) is 0 Å². The SMILES string of the molecule is Cc1ccc(NC(=O)CSc2cccc(NC(=O)c3ccco3)c2)cc1C. The summed E-state index contributed by atoms with van der Waals surface area (Å²) in [7, 11) is 0. The molecule has 1 heterocycles. The maximum absolute atomic E-state index is 12.2. The predicted octanol–water partition coefficient (Wildman–Crippen LogP) is 4.88. The molecule has 6 heteroatoms. The quantitative estimate of drug-likeness (QED) is 0.598. The second-order valence-corrected chi connectivity index (χ2v) is 7.14. The van der Waals surface area contributed by atoms with Crippen LogP contribution in [0, 0.1) is 13.8 Å². The molecule has 5 nitrogen and oxygen atoms in total. The van der Waals surface area contributed by atoms with Crippen molar-refractivity contribution in [2.45, 2.75) is 18.7 Å². The number of carbonyl (C=O) groups is 2. The molecular weight excluding hydrogens is 360 g/mol. The van der Waals surface area contributed by atoms with Gasteiger partial charge in [-0.15, -0.1) is 11.8 Å².